The summed E-state index contributed by atoms with van der Waals surface area (Å²) in [5, 5.41) is 18.1. The van der Waals surface area contributed by atoms with Crippen molar-refractivity contribution in [3.8, 4) is 11.5 Å². The Morgan fingerprint density at radius 2 is 0.769 bits per heavy atom. The van der Waals surface area contributed by atoms with E-state index in [9.17, 15) is 0 Å². The first-order valence-electron chi connectivity index (χ1n) is 8.50. The predicted octanol–water partition coefficient (Wildman–Crippen LogP) is 3.83. The first-order valence-corrected chi connectivity index (χ1v) is 8.50. The van der Waals surface area contributed by atoms with Crippen LogP contribution in [0.4, 0.5) is 0 Å². The summed E-state index contributed by atoms with van der Waals surface area (Å²) in [6, 6.07) is 22.9. The number of ether oxygens (including phenoxy) is 2. The highest BCUT2D eigenvalue weighted by atomic mass is 16.5. The minimum Gasteiger partial charge on any atom is -0.489 e. The summed E-state index contributed by atoms with van der Waals surface area (Å²) in [6.45, 7) is 1.05. The Bertz CT molecular complexity index is 723. The van der Waals surface area contributed by atoms with Gasteiger partial charge in [-0.2, -0.15) is 0 Å². The summed E-state index contributed by atoms with van der Waals surface area (Å²) in [6.07, 6.45) is 0. The molecule has 0 saturated heterocycles. The van der Waals surface area contributed by atoms with Crippen molar-refractivity contribution < 1.29 is 19.7 Å². The largest absolute Gasteiger partial charge is 0.489 e. The van der Waals surface area contributed by atoms with Gasteiger partial charge in [-0.15, -0.1) is 0 Å². The van der Waals surface area contributed by atoms with Crippen molar-refractivity contribution in [1.82, 2.24) is 0 Å². The maximum absolute atomic E-state index is 9.04. The van der Waals surface area contributed by atoms with Gasteiger partial charge in [0.15, 0.2) is 0 Å². The zero-order chi connectivity index (χ0) is 18.2. The van der Waals surface area contributed by atoms with Crippen LogP contribution in [0.1, 0.15) is 22.3 Å². The maximum atomic E-state index is 9.04. The lowest BCUT2D eigenvalue weighted by molar-refractivity contribution is 0.280. The summed E-state index contributed by atoms with van der Waals surface area (Å²) in [4.78, 5) is 0. The highest BCUT2D eigenvalue weighted by Gasteiger charge is 2.00. The van der Waals surface area contributed by atoms with Crippen LogP contribution in [0.25, 0.3) is 0 Å². The van der Waals surface area contributed by atoms with Crippen LogP contribution in [-0.2, 0) is 26.4 Å². The van der Waals surface area contributed by atoms with Gasteiger partial charge in [0, 0.05) is 0 Å². The zero-order valence-corrected chi connectivity index (χ0v) is 14.5. The van der Waals surface area contributed by atoms with Gasteiger partial charge in [0.1, 0.15) is 24.7 Å². The van der Waals surface area contributed by atoms with E-state index in [-0.39, 0.29) is 13.2 Å². The van der Waals surface area contributed by atoms with E-state index in [0.29, 0.717) is 13.2 Å². The highest BCUT2D eigenvalue weighted by molar-refractivity contribution is 5.29. The molecule has 4 heteroatoms. The molecular weight excluding hydrogens is 328 g/mol. The second kappa shape index (κ2) is 9.04. The third kappa shape index (κ3) is 5.09. The molecule has 0 unspecified atom stereocenters. The van der Waals surface area contributed by atoms with Crippen LogP contribution in [0.3, 0.4) is 0 Å². The molecule has 0 aliphatic rings. The Morgan fingerprint density at radius 1 is 0.462 bits per heavy atom. The van der Waals surface area contributed by atoms with E-state index in [1.807, 2.05) is 72.8 Å². The summed E-state index contributed by atoms with van der Waals surface area (Å²) in [5.74, 6) is 1.56. The average Bonchev–Trinajstić information content (AvgIpc) is 2.72. The minimum atomic E-state index is 0.0371. The third-order valence-electron chi connectivity index (χ3n) is 4.05. The Hall–Kier alpha value is -2.82. The Morgan fingerprint density at radius 3 is 1.08 bits per heavy atom. The molecule has 0 aliphatic carbocycles. The van der Waals surface area contributed by atoms with Gasteiger partial charge in [-0.3, -0.25) is 0 Å². The van der Waals surface area contributed by atoms with Gasteiger partial charge < -0.3 is 19.7 Å². The lowest BCUT2D eigenvalue weighted by Crippen LogP contribution is -1.98. The molecule has 0 aromatic heterocycles. The first-order chi connectivity index (χ1) is 12.8. The van der Waals surface area contributed by atoms with Crippen molar-refractivity contribution in [3.63, 3.8) is 0 Å². The van der Waals surface area contributed by atoms with Gasteiger partial charge in [0.2, 0.25) is 0 Å². The fourth-order valence-corrected chi connectivity index (χ4v) is 2.45. The fraction of sp³-hybridized carbons (Fsp3) is 0.182. The average molecular weight is 350 g/mol. The molecule has 4 nitrogen and oxygen atoms in total. The molecule has 3 aromatic rings. The monoisotopic (exact) mass is 350 g/mol. The van der Waals surface area contributed by atoms with E-state index in [1.165, 1.54) is 0 Å². The maximum Gasteiger partial charge on any atom is 0.119 e. The molecule has 26 heavy (non-hydrogen) atoms. The van der Waals surface area contributed by atoms with Crippen LogP contribution in [0.2, 0.25) is 0 Å². The predicted molar refractivity (Wildman–Crippen MR) is 99.8 cm³/mol. The molecule has 2 N–H and O–H groups in total. The Labute approximate surface area is 153 Å². The lowest BCUT2D eigenvalue weighted by Gasteiger charge is -2.09. The minimum absolute atomic E-state index is 0.0371. The second-order valence-electron chi connectivity index (χ2n) is 6.00. The Kier molecular flexibility index (Phi) is 6.25. The Balaban J connectivity index is 1.49. The number of aliphatic hydroxyl groups is 2. The first kappa shape index (κ1) is 18.0. The van der Waals surface area contributed by atoms with E-state index in [0.717, 1.165) is 33.8 Å². The van der Waals surface area contributed by atoms with E-state index in [1.54, 1.807) is 0 Å². The van der Waals surface area contributed by atoms with Crippen molar-refractivity contribution in [2.24, 2.45) is 0 Å². The van der Waals surface area contributed by atoms with Gasteiger partial charge >= 0.3 is 0 Å². The quantitative estimate of drug-likeness (QED) is 0.648. The number of hydrogen-bond acceptors (Lipinski definition) is 4. The summed E-state index contributed by atoms with van der Waals surface area (Å²) in [7, 11) is 0. The normalized spacial score (nSPS) is 10.5. The van der Waals surface area contributed by atoms with Gasteiger partial charge in [0.25, 0.3) is 0 Å². The molecule has 0 saturated carbocycles. The van der Waals surface area contributed by atoms with Gasteiger partial charge in [0.05, 0.1) is 13.2 Å². The van der Waals surface area contributed by atoms with Crippen molar-refractivity contribution >= 4 is 0 Å². The van der Waals surface area contributed by atoms with E-state index in [2.05, 4.69) is 0 Å². The van der Waals surface area contributed by atoms with E-state index < -0.39 is 0 Å². The molecule has 0 fully saturated rings. The third-order valence-corrected chi connectivity index (χ3v) is 4.05. The number of rotatable bonds is 8. The van der Waals surface area contributed by atoms with Crippen molar-refractivity contribution in [3.05, 3.63) is 95.1 Å². The summed E-state index contributed by atoms with van der Waals surface area (Å²) in [5.41, 5.74) is 3.89. The number of hydrogen-bond donors (Lipinski definition) is 2. The fourth-order valence-electron chi connectivity index (χ4n) is 2.45. The van der Waals surface area contributed by atoms with Crippen molar-refractivity contribution in [1.29, 1.82) is 0 Å². The zero-order valence-electron chi connectivity index (χ0n) is 14.5. The van der Waals surface area contributed by atoms with Crippen LogP contribution >= 0.6 is 0 Å². The topological polar surface area (TPSA) is 58.9 Å². The molecule has 0 spiro atoms. The van der Waals surface area contributed by atoms with E-state index in [4.69, 9.17) is 19.7 Å². The van der Waals surface area contributed by atoms with Gasteiger partial charge in [-0.05, 0) is 46.5 Å². The summed E-state index contributed by atoms with van der Waals surface area (Å²) < 4.78 is 11.5. The molecular formula is C22H22O4. The molecule has 3 aromatic carbocycles. The van der Waals surface area contributed by atoms with Crippen LogP contribution in [0.15, 0.2) is 72.8 Å². The standard InChI is InChI=1S/C22H22O4/c23-13-17-5-9-21(10-6-17)25-15-19-1-2-20(4-3-19)16-26-22-11-7-18(14-24)8-12-22/h1-12,23-24H,13-16H2. The molecule has 134 valence electrons. The van der Waals surface area contributed by atoms with Crippen molar-refractivity contribution in [2.75, 3.05) is 0 Å². The van der Waals surface area contributed by atoms with Crippen LogP contribution in [-0.4, -0.2) is 10.2 Å². The smallest absolute Gasteiger partial charge is 0.119 e. The molecule has 0 radical (unpaired) electrons. The molecule has 0 heterocycles. The van der Waals surface area contributed by atoms with Gasteiger partial charge in [-0.25, -0.2) is 0 Å². The highest BCUT2D eigenvalue weighted by Crippen LogP contribution is 2.16. The molecule has 0 aliphatic heterocycles. The second-order valence-corrected chi connectivity index (χ2v) is 6.00. The van der Waals surface area contributed by atoms with Crippen LogP contribution in [0.5, 0.6) is 11.5 Å². The van der Waals surface area contributed by atoms with E-state index >= 15 is 0 Å². The van der Waals surface area contributed by atoms with Gasteiger partial charge in [-0.1, -0.05) is 48.5 Å². The van der Waals surface area contributed by atoms with Crippen LogP contribution < -0.4 is 9.47 Å². The molecule has 0 bridgehead atoms. The van der Waals surface area contributed by atoms with Crippen LogP contribution in [0, 0.1) is 0 Å². The molecule has 3 rings (SSSR count). The molecule has 0 atom stereocenters. The lowest BCUT2D eigenvalue weighted by atomic mass is 10.1. The SMILES string of the molecule is OCc1ccc(OCc2ccc(COc3ccc(CO)cc3)cc2)cc1. The van der Waals surface area contributed by atoms with Crippen molar-refractivity contribution in [2.45, 2.75) is 26.4 Å². The summed E-state index contributed by atoms with van der Waals surface area (Å²) >= 11 is 0. The molecule has 0 amide bonds. The number of benzene rings is 3. The number of aliphatic hydroxyl groups excluding tert-OH is 2.